The maximum Gasteiger partial charge on any atom is 1.00 e. The Morgan fingerprint density at radius 3 is 2.47 bits per heavy atom. The summed E-state index contributed by atoms with van der Waals surface area (Å²) in [7, 11) is 3.36. The van der Waals surface area contributed by atoms with Gasteiger partial charge in [0.2, 0.25) is 0 Å². The molecule has 8 nitrogen and oxygen atoms in total. The number of benzene rings is 2. The van der Waals surface area contributed by atoms with E-state index in [0.29, 0.717) is 22.9 Å². The summed E-state index contributed by atoms with van der Waals surface area (Å²) in [6, 6.07) is 13.7. The summed E-state index contributed by atoms with van der Waals surface area (Å²) in [6.45, 7) is 1.02. The van der Waals surface area contributed by atoms with Crippen LogP contribution >= 0.6 is 0 Å². The molecular weight excluding hydrogens is 381 g/mol. The largest absolute Gasteiger partial charge is 1.00 e. The summed E-state index contributed by atoms with van der Waals surface area (Å²) >= 11 is 0. The van der Waals surface area contributed by atoms with Crippen molar-refractivity contribution in [2.75, 3.05) is 6.54 Å². The van der Waals surface area contributed by atoms with Gasteiger partial charge in [-0.05, 0) is 37.1 Å². The van der Waals surface area contributed by atoms with Crippen LogP contribution in [0.4, 0.5) is 0 Å². The summed E-state index contributed by atoms with van der Waals surface area (Å²) in [4.78, 5) is 29.9. The quantitative estimate of drug-likeness (QED) is 0.150. The fraction of sp³-hybridized carbons (Fsp3) is 0.0952. The van der Waals surface area contributed by atoms with Gasteiger partial charge in [0.05, 0.1) is 5.75 Å². The summed E-state index contributed by atoms with van der Waals surface area (Å²) in [5.74, 6) is -1.21. The van der Waals surface area contributed by atoms with Crippen LogP contribution in [0.3, 0.4) is 0 Å². The van der Waals surface area contributed by atoms with Crippen LogP contribution in [0.5, 0.6) is 11.5 Å². The molecule has 0 unspecified atom stereocenters. The maximum absolute atomic E-state index is 11.7. The number of amidine groups is 1. The number of aliphatic hydroxyl groups excluding tert-OH is 1. The molecule has 0 bridgehead atoms. The predicted molar refractivity (Wildman–Crippen MR) is 108 cm³/mol. The van der Waals surface area contributed by atoms with Crippen molar-refractivity contribution in [2.45, 2.75) is 6.92 Å². The third-order valence-electron chi connectivity index (χ3n) is 3.42. The Morgan fingerprint density at radius 1 is 1.13 bits per heavy atom. The Labute approximate surface area is 186 Å². The molecule has 3 N–H and O–H groups in total. The van der Waals surface area contributed by atoms with Crippen molar-refractivity contribution in [1.29, 1.82) is 0 Å². The topological polar surface area (TPSA) is 121 Å². The average Bonchev–Trinajstić information content (AvgIpc) is 2.71. The molecule has 0 radical (unpaired) electrons. The van der Waals surface area contributed by atoms with Crippen molar-refractivity contribution in [3.05, 3.63) is 72.8 Å². The number of ether oxygens (including phenoxy) is 1. The number of aliphatic hydroxyl groups is 1. The van der Waals surface area contributed by atoms with E-state index in [-0.39, 0.29) is 24.4 Å². The zero-order valence-electron chi connectivity index (χ0n) is 16.5. The van der Waals surface area contributed by atoms with Crippen LogP contribution in [0.2, 0.25) is 0 Å². The number of para-hydroxylation sites is 1. The van der Waals surface area contributed by atoms with E-state index in [1.54, 1.807) is 31.2 Å². The maximum atomic E-state index is 11.7. The van der Waals surface area contributed by atoms with Crippen molar-refractivity contribution < 1.29 is 43.4 Å². The molecule has 9 heteroatoms. The van der Waals surface area contributed by atoms with Gasteiger partial charge in [0.1, 0.15) is 12.3 Å². The molecule has 0 fully saturated rings. The van der Waals surface area contributed by atoms with Gasteiger partial charge >= 0.3 is 24.8 Å². The second-order valence-corrected chi connectivity index (χ2v) is 5.60. The van der Waals surface area contributed by atoms with Gasteiger partial charge in [-0.1, -0.05) is 24.3 Å². The number of hydrogen-bond donors (Lipinski definition) is 3. The number of amides is 1. The first-order chi connectivity index (χ1) is 13.9. The summed E-state index contributed by atoms with van der Waals surface area (Å²) in [6.07, 6.45) is 4.88. The third kappa shape index (κ3) is 7.87. The minimum Gasteiger partial charge on any atom is -0.545 e. The van der Waals surface area contributed by atoms with E-state index in [0.717, 1.165) is 0 Å². The zero-order chi connectivity index (χ0) is 21.2. The van der Waals surface area contributed by atoms with Crippen molar-refractivity contribution in [2.24, 2.45) is 9.98 Å². The first-order valence-corrected chi connectivity index (χ1v) is 8.36. The number of carboxylic acids is 1. The first kappa shape index (κ1) is 24.6. The van der Waals surface area contributed by atoms with Gasteiger partial charge in [-0.2, -0.15) is 5.56 Å². The fourth-order valence-electron chi connectivity index (χ4n) is 2.06. The van der Waals surface area contributed by atoms with E-state index in [4.69, 9.17) is 9.84 Å². The molecule has 0 aliphatic heterocycles. The number of aliphatic carboxylic acids is 1. The van der Waals surface area contributed by atoms with E-state index in [9.17, 15) is 14.7 Å². The van der Waals surface area contributed by atoms with Crippen LogP contribution in [-0.4, -0.2) is 40.7 Å². The molecule has 2 rings (SSSR count). The number of carbonyl (C=O) groups excluding carboxylic acids is 1. The smallest absolute Gasteiger partial charge is 0.545 e. The Bertz CT molecular complexity index is 972. The molecule has 2 aromatic rings. The van der Waals surface area contributed by atoms with Crippen molar-refractivity contribution in [1.82, 2.24) is 5.32 Å². The Hall–Kier alpha value is -3.47. The van der Waals surface area contributed by atoms with E-state index in [1.165, 1.54) is 6.07 Å². The summed E-state index contributed by atoms with van der Waals surface area (Å²) < 4.78 is 5.75. The van der Waals surface area contributed by atoms with Crippen molar-refractivity contribution in [3.8, 4) is 11.5 Å². The number of carbonyl (C=O) groups is 2. The second-order valence-electron chi connectivity index (χ2n) is 5.60. The van der Waals surface area contributed by atoms with E-state index >= 15 is 0 Å². The number of hydrogen-bond acceptors (Lipinski definition) is 5. The van der Waals surface area contributed by atoms with Crippen LogP contribution in [0.1, 0.15) is 18.1 Å². The standard InChI is InChI=1S/C21H18N3O5.Li/c1-14(22-2)23-12-15-10-17(29-16-6-4-3-5-7-16)8-9-18(15)19(25)11-20(26)24-13-21(27)28;/h3-10,25H,2,13H2,1H3,(H,24,26)(H,27,28);/q-3;+1. The number of aliphatic imine (C=N–C) groups is 2. The SMILES string of the molecule is [CH2-]N=C(C)N=[C-]c1cc(Oc2ccccc2)ccc1C(O)=[C-]C(=O)NCC(=O)O.[Li+]. The number of nitrogens with one attached hydrogen (secondary N) is 1. The Balaban J connectivity index is 0.00000450. The van der Waals surface area contributed by atoms with Gasteiger partial charge in [0, 0.05) is 5.84 Å². The van der Waals surface area contributed by atoms with E-state index < -0.39 is 24.2 Å². The second kappa shape index (κ2) is 12.2. The molecule has 0 saturated heterocycles. The third-order valence-corrected chi connectivity index (χ3v) is 3.42. The molecule has 150 valence electrons. The van der Waals surface area contributed by atoms with Gasteiger partial charge in [0.25, 0.3) is 0 Å². The average molecular weight is 399 g/mol. The molecule has 2 aromatic carbocycles. The molecule has 30 heavy (non-hydrogen) atoms. The van der Waals surface area contributed by atoms with E-state index in [1.807, 2.05) is 18.2 Å². The molecule has 0 heterocycles. The van der Waals surface area contributed by atoms with Crippen LogP contribution < -0.4 is 28.9 Å². The molecule has 0 spiro atoms. The number of nitrogens with zero attached hydrogens (tertiary/aromatic N) is 2. The zero-order valence-corrected chi connectivity index (χ0v) is 16.5. The van der Waals surface area contributed by atoms with Gasteiger partial charge in [-0.3, -0.25) is 9.59 Å². The Kier molecular flexibility index (Phi) is 9.96. The number of rotatable bonds is 7. The molecule has 0 aromatic heterocycles. The van der Waals surface area contributed by atoms with Crippen LogP contribution in [-0.2, 0) is 9.59 Å². The summed E-state index contributed by atoms with van der Waals surface area (Å²) in [5.41, 5.74) is 0.494. The monoisotopic (exact) mass is 399 g/mol. The van der Waals surface area contributed by atoms with Crippen LogP contribution in [0.25, 0.3) is 5.76 Å². The molecule has 1 amide bonds. The minimum atomic E-state index is -1.22. The van der Waals surface area contributed by atoms with Gasteiger partial charge in [-0.25, -0.2) is 0 Å². The van der Waals surface area contributed by atoms with Crippen molar-refractivity contribution in [3.63, 3.8) is 0 Å². The fourth-order valence-corrected chi connectivity index (χ4v) is 2.06. The van der Waals surface area contributed by atoms with Crippen LogP contribution in [0.15, 0.2) is 58.5 Å². The minimum absolute atomic E-state index is 0. The molecule has 0 atom stereocenters. The summed E-state index contributed by atoms with van der Waals surface area (Å²) in [5, 5.41) is 20.9. The van der Waals surface area contributed by atoms with Gasteiger partial charge < -0.3 is 30.3 Å². The van der Waals surface area contributed by atoms with E-state index in [2.05, 4.69) is 34.6 Å². The molecule has 0 saturated carbocycles. The van der Waals surface area contributed by atoms with Gasteiger partial charge in [0.15, 0.2) is 5.91 Å². The van der Waals surface area contributed by atoms with Gasteiger partial charge in [-0.15, -0.1) is 24.8 Å². The molecular formula is C21H18LiN3O5-2. The molecule has 0 aliphatic rings. The Morgan fingerprint density at radius 2 is 1.83 bits per heavy atom. The normalized spacial score (nSPS) is 11.6. The first-order valence-electron chi connectivity index (χ1n) is 8.36. The van der Waals surface area contributed by atoms with Crippen LogP contribution in [0, 0.1) is 13.1 Å². The molecule has 0 aliphatic carbocycles. The predicted octanol–water partition coefficient (Wildman–Crippen LogP) is -0.108. The van der Waals surface area contributed by atoms with Crippen molar-refractivity contribution >= 4 is 29.7 Å². The number of carboxylic acid groups (broad SMARTS) is 1.